The number of anilines is 1. The zero-order valence-electron chi connectivity index (χ0n) is 16.8. The number of piperazine rings is 2. The van der Waals surface area contributed by atoms with E-state index in [4.69, 9.17) is 4.42 Å². The van der Waals surface area contributed by atoms with Crippen molar-refractivity contribution in [2.45, 2.75) is 6.92 Å². The minimum atomic E-state index is -0.0723. The zero-order valence-corrected chi connectivity index (χ0v) is 16.8. The highest BCUT2D eigenvalue weighted by Gasteiger charge is 2.25. The molecule has 2 aliphatic rings. The second kappa shape index (κ2) is 8.65. The van der Waals surface area contributed by atoms with Gasteiger partial charge in [0, 0.05) is 52.4 Å². The molecule has 0 bridgehead atoms. The lowest BCUT2D eigenvalue weighted by atomic mass is 10.2. The maximum absolute atomic E-state index is 12.7. The first-order chi connectivity index (χ1) is 14.2. The van der Waals surface area contributed by atoms with E-state index >= 15 is 0 Å². The number of carbonyl (C=O) groups excluding carboxylic acids is 2. The number of rotatable bonds is 4. The average molecular weight is 397 g/mol. The Hall–Kier alpha value is -2.87. The smallest absolute Gasteiger partial charge is 0.289 e. The van der Waals surface area contributed by atoms with E-state index in [0.717, 1.165) is 51.5 Å². The van der Waals surface area contributed by atoms with Crippen LogP contribution in [0.4, 0.5) is 5.69 Å². The van der Waals surface area contributed by atoms with Gasteiger partial charge in [-0.15, -0.1) is 0 Å². The summed E-state index contributed by atoms with van der Waals surface area (Å²) in [5, 5.41) is 0. The van der Waals surface area contributed by atoms with Crippen molar-refractivity contribution in [2.24, 2.45) is 0 Å². The standard InChI is InChI=1S/C21H27N5O3/c1-2-23-7-9-25(10-8-23)20(27)18-6-5-17(16-22-18)24-11-13-26(14-12-24)21(28)19-4-3-15-29-19/h3-6,15-16H,2,7-14H2,1H3. The van der Waals surface area contributed by atoms with Crippen molar-refractivity contribution in [2.75, 3.05) is 63.8 Å². The Bertz CT molecular complexity index is 821. The predicted molar refractivity (Wildman–Crippen MR) is 109 cm³/mol. The molecule has 0 N–H and O–H groups in total. The van der Waals surface area contributed by atoms with E-state index in [1.807, 2.05) is 17.0 Å². The quantitative estimate of drug-likeness (QED) is 0.777. The third kappa shape index (κ3) is 4.27. The van der Waals surface area contributed by atoms with Crippen LogP contribution in [0.1, 0.15) is 28.0 Å². The van der Waals surface area contributed by atoms with E-state index in [-0.39, 0.29) is 11.8 Å². The highest BCUT2D eigenvalue weighted by molar-refractivity contribution is 5.93. The Kier molecular flexibility index (Phi) is 5.80. The van der Waals surface area contributed by atoms with Crippen molar-refractivity contribution < 1.29 is 14.0 Å². The summed E-state index contributed by atoms with van der Waals surface area (Å²) in [5.74, 6) is 0.306. The van der Waals surface area contributed by atoms with Gasteiger partial charge in [-0.1, -0.05) is 6.92 Å². The van der Waals surface area contributed by atoms with Gasteiger partial charge in [0.25, 0.3) is 11.8 Å². The number of carbonyl (C=O) groups is 2. The number of furan rings is 1. The molecule has 0 saturated carbocycles. The van der Waals surface area contributed by atoms with Crippen LogP contribution in [0.25, 0.3) is 0 Å². The second-order valence-corrected chi connectivity index (χ2v) is 7.38. The van der Waals surface area contributed by atoms with Gasteiger partial charge in [0.15, 0.2) is 5.76 Å². The fraction of sp³-hybridized carbons (Fsp3) is 0.476. The van der Waals surface area contributed by atoms with Crippen LogP contribution in [0.15, 0.2) is 41.1 Å². The highest BCUT2D eigenvalue weighted by atomic mass is 16.3. The molecule has 0 aliphatic carbocycles. The van der Waals surface area contributed by atoms with Crippen molar-refractivity contribution in [1.29, 1.82) is 0 Å². The number of aromatic nitrogens is 1. The fourth-order valence-electron chi connectivity index (χ4n) is 3.85. The monoisotopic (exact) mass is 397 g/mol. The fourth-order valence-corrected chi connectivity index (χ4v) is 3.85. The number of pyridine rings is 1. The average Bonchev–Trinajstić information content (AvgIpc) is 3.33. The van der Waals surface area contributed by atoms with E-state index in [1.54, 1.807) is 23.2 Å². The number of nitrogens with zero attached hydrogens (tertiary/aromatic N) is 5. The maximum atomic E-state index is 12.7. The van der Waals surface area contributed by atoms with Gasteiger partial charge in [-0.05, 0) is 30.8 Å². The molecule has 8 nitrogen and oxygen atoms in total. The van der Waals surface area contributed by atoms with Crippen LogP contribution in [0.5, 0.6) is 0 Å². The van der Waals surface area contributed by atoms with Gasteiger partial charge in [-0.25, -0.2) is 4.98 Å². The molecule has 8 heteroatoms. The van der Waals surface area contributed by atoms with E-state index in [9.17, 15) is 9.59 Å². The first-order valence-electron chi connectivity index (χ1n) is 10.2. The summed E-state index contributed by atoms with van der Waals surface area (Å²) in [6.07, 6.45) is 3.28. The van der Waals surface area contributed by atoms with Gasteiger partial charge in [0.1, 0.15) is 5.69 Å². The second-order valence-electron chi connectivity index (χ2n) is 7.38. The topological polar surface area (TPSA) is 73.1 Å². The minimum absolute atomic E-state index is 0.00108. The predicted octanol–water partition coefficient (Wildman–Crippen LogP) is 1.41. The molecule has 29 heavy (non-hydrogen) atoms. The summed E-state index contributed by atoms with van der Waals surface area (Å²) in [6.45, 7) is 9.21. The van der Waals surface area contributed by atoms with Crippen LogP contribution in [-0.4, -0.2) is 90.4 Å². The number of likely N-dealkylation sites (N-methyl/N-ethyl adjacent to an activating group) is 1. The van der Waals surface area contributed by atoms with Crippen molar-refractivity contribution in [3.63, 3.8) is 0 Å². The molecule has 0 unspecified atom stereocenters. The molecule has 2 aliphatic heterocycles. The summed E-state index contributed by atoms with van der Waals surface area (Å²) in [6, 6.07) is 7.18. The third-order valence-electron chi connectivity index (χ3n) is 5.74. The molecule has 2 aromatic rings. The number of hydrogen-bond donors (Lipinski definition) is 0. The van der Waals surface area contributed by atoms with Gasteiger partial charge in [-0.3, -0.25) is 9.59 Å². The molecule has 2 amide bonds. The Morgan fingerprint density at radius 3 is 2.21 bits per heavy atom. The van der Waals surface area contributed by atoms with Crippen LogP contribution in [0.2, 0.25) is 0 Å². The minimum Gasteiger partial charge on any atom is -0.459 e. The summed E-state index contributed by atoms with van der Waals surface area (Å²) in [4.78, 5) is 37.7. The van der Waals surface area contributed by atoms with Crippen molar-refractivity contribution >= 4 is 17.5 Å². The number of hydrogen-bond acceptors (Lipinski definition) is 6. The van der Waals surface area contributed by atoms with Gasteiger partial charge in [0.2, 0.25) is 0 Å². The van der Waals surface area contributed by atoms with E-state index in [0.29, 0.717) is 24.5 Å². The lowest BCUT2D eigenvalue weighted by Crippen LogP contribution is -2.49. The molecule has 2 saturated heterocycles. The Morgan fingerprint density at radius 2 is 1.62 bits per heavy atom. The summed E-state index contributed by atoms with van der Waals surface area (Å²) in [5.41, 5.74) is 1.47. The van der Waals surface area contributed by atoms with E-state index in [2.05, 4.69) is 21.7 Å². The van der Waals surface area contributed by atoms with E-state index in [1.165, 1.54) is 6.26 Å². The van der Waals surface area contributed by atoms with Gasteiger partial charge >= 0.3 is 0 Å². The molecule has 4 heterocycles. The van der Waals surface area contributed by atoms with Crippen LogP contribution < -0.4 is 4.90 Å². The SMILES string of the molecule is CCN1CCN(C(=O)c2ccc(N3CCN(C(=O)c4ccco4)CC3)cn2)CC1. The van der Waals surface area contributed by atoms with Crippen molar-refractivity contribution in [1.82, 2.24) is 19.7 Å². The van der Waals surface area contributed by atoms with Gasteiger partial charge < -0.3 is 24.0 Å². The van der Waals surface area contributed by atoms with Crippen LogP contribution >= 0.6 is 0 Å². The largest absolute Gasteiger partial charge is 0.459 e. The molecule has 4 rings (SSSR count). The normalized spacial score (nSPS) is 18.2. The first kappa shape index (κ1) is 19.4. The Labute approximate surface area is 170 Å². The summed E-state index contributed by atoms with van der Waals surface area (Å²) in [7, 11) is 0. The first-order valence-corrected chi connectivity index (χ1v) is 10.2. The van der Waals surface area contributed by atoms with E-state index < -0.39 is 0 Å². The van der Waals surface area contributed by atoms with Crippen LogP contribution in [-0.2, 0) is 0 Å². The Morgan fingerprint density at radius 1 is 0.931 bits per heavy atom. The van der Waals surface area contributed by atoms with Gasteiger partial charge in [0.05, 0.1) is 18.1 Å². The third-order valence-corrected chi connectivity index (χ3v) is 5.74. The molecule has 2 aromatic heterocycles. The lowest BCUT2D eigenvalue weighted by Gasteiger charge is -2.35. The molecule has 154 valence electrons. The molecule has 0 aromatic carbocycles. The highest BCUT2D eigenvalue weighted by Crippen LogP contribution is 2.18. The molecule has 0 radical (unpaired) electrons. The molecular formula is C21H27N5O3. The molecule has 0 atom stereocenters. The lowest BCUT2D eigenvalue weighted by molar-refractivity contribution is 0.0637. The molecular weight excluding hydrogens is 370 g/mol. The molecule has 2 fully saturated rings. The van der Waals surface area contributed by atoms with Crippen LogP contribution in [0, 0.1) is 0 Å². The van der Waals surface area contributed by atoms with Gasteiger partial charge in [-0.2, -0.15) is 0 Å². The van der Waals surface area contributed by atoms with Crippen LogP contribution in [0.3, 0.4) is 0 Å². The summed E-state index contributed by atoms with van der Waals surface area (Å²) >= 11 is 0. The Balaban J connectivity index is 1.32. The maximum Gasteiger partial charge on any atom is 0.289 e. The van der Waals surface area contributed by atoms with Crippen molar-refractivity contribution in [3.05, 3.63) is 48.2 Å². The number of amides is 2. The molecule has 0 spiro atoms. The van der Waals surface area contributed by atoms with Crippen molar-refractivity contribution in [3.8, 4) is 0 Å². The summed E-state index contributed by atoms with van der Waals surface area (Å²) < 4.78 is 5.20. The zero-order chi connectivity index (χ0) is 20.2.